The molecule has 2 aliphatic heterocycles. The first-order valence-electron chi connectivity index (χ1n) is 8.47. The molecule has 0 radical (unpaired) electrons. The van der Waals surface area contributed by atoms with Crippen LogP contribution in [0.2, 0.25) is 0 Å². The van der Waals surface area contributed by atoms with Crippen molar-refractivity contribution in [1.29, 1.82) is 0 Å². The average Bonchev–Trinajstić information content (AvgIpc) is 2.91. The van der Waals surface area contributed by atoms with E-state index in [4.69, 9.17) is 19.2 Å². The Labute approximate surface area is 136 Å². The van der Waals surface area contributed by atoms with E-state index in [0.717, 1.165) is 12.8 Å². The van der Waals surface area contributed by atoms with Crippen LogP contribution in [0.1, 0.15) is 58.3 Å². The summed E-state index contributed by atoms with van der Waals surface area (Å²) >= 11 is 0. The molecular formula is C15H28O8. The minimum absolute atomic E-state index is 0.0585. The zero-order valence-corrected chi connectivity index (χ0v) is 13.6. The number of rotatable bonds is 12. The SMILES string of the molecule is CCCCCCCCCOOOOC12COC(CC(O)C1O)O2. The molecule has 2 heterocycles. The van der Waals surface area contributed by atoms with Crippen LogP contribution >= 0.6 is 0 Å². The molecule has 4 atom stereocenters. The number of aliphatic hydroxyl groups is 2. The summed E-state index contributed by atoms with van der Waals surface area (Å²) in [6, 6.07) is 0. The van der Waals surface area contributed by atoms with Crippen LogP contribution in [0.5, 0.6) is 0 Å². The van der Waals surface area contributed by atoms with Crippen LogP contribution in [0.25, 0.3) is 0 Å². The molecule has 8 heteroatoms. The van der Waals surface area contributed by atoms with Gasteiger partial charge >= 0.3 is 0 Å². The van der Waals surface area contributed by atoms with Gasteiger partial charge in [-0.25, -0.2) is 4.89 Å². The van der Waals surface area contributed by atoms with Gasteiger partial charge in [0, 0.05) is 6.42 Å². The van der Waals surface area contributed by atoms with Crippen LogP contribution in [0.4, 0.5) is 0 Å². The molecule has 0 aliphatic carbocycles. The predicted octanol–water partition coefficient (Wildman–Crippen LogP) is 1.74. The molecule has 2 bridgehead atoms. The highest BCUT2D eigenvalue weighted by Crippen LogP contribution is 2.37. The average molecular weight is 336 g/mol. The highest BCUT2D eigenvalue weighted by Gasteiger charge is 2.57. The Kier molecular flexibility index (Phi) is 8.14. The van der Waals surface area contributed by atoms with Gasteiger partial charge in [0.05, 0.1) is 12.7 Å². The van der Waals surface area contributed by atoms with E-state index in [9.17, 15) is 10.2 Å². The van der Waals surface area contributed by atoms with Crippen molar-refractivity contribution in [2.75, 3.05) is 13.2 Å². The van der Waals surface area contributed by atoms with Gasteiger partial charge in [-0.2, -0.15) is 4.89 Å². The van der Waals surface area contributed by atoms with E-state index < -0.39 is 24.3 Å². The van der Waals surface area contributed by atoms with Crippen molar-refractivity contribution < 1.29 is 39.5 Å². The Hall–Kier alpha value is -0.320. The Morgan fingerprint density at radius 1 is 1.04 bits per heavy atom. The Balaban J connectivity index is 1.48. The molecular weight excluding hydrogens is 308 g/mol. The van der Waals surface area contributed by atoms with E-state index in [-0.39, 0.29) is 13.0 Å². The first kappa shape index (κ1) is 19.0. The first-order valence-corrected chi connectivity index (χ1v) is 8.47. The molecule has 2 saturated heterocycles. The smallest absolute Gasteiger partial charge is 0.259 e. The van der Waals surface area contributed by atoms with Gasteiger partial charge in [-0.3, -0.25) is 0 Å². The molecule has 0 aromatic rings. The molecule has 0 amide bonds. The molecule has 4 unspecified atom stereocenters. The minimum Gasteiger partial charge on any atom is -0.390 e. The molecule has 2 N–H and O–H groups in total. The van der Waals surface area contributed by atoms with Gasteiger partial charge in [-0.1, -0.05) is 45.4 Å². The lowest BCUT2D eigenvalue weighted by atomic mass is 10.0. The number of unbranched alkanes of at least 4 members (excludes halogenated alkanes) is 6. The number of fused-ring (bicyclic) bond motifs is 2. The molecule has 8 nitrogen and oxygen atoms in total. The molecule has 2 fully saturated rings. The van der Waals surface area contributed by atoms with Crippen LogP contribution in [-0.2, 0) is 29.3 Å². The van der Waals surface area contributed by atoms with Gasteiger partial charge in [0.1, 0.15) is 12.7 Å². The van der Waals surface area contributed by atoms with Gasteiger partial charge in [0.15, 0.2) is 6.29 Å². The standard InChI is InChI=1S/C15H28O8/c1-2-3-4-5-6-7-8-9-19-22-23-21-15-11-18-13(20-15)10-12(16)14(15)17/h12-14,16-17H,2-11H2,1H3. The van der Waals surface area contributed by atoms with E-state index in [0.29, 0.717) is 6.61 Å². The molecule has 2 aliphatic rings. The largest absolute Gasteiger partial charge is 0.390 e. The number of aliphatic hydroxyl groups excluding tert-OH is 2. The topological polar surface area (TPSA) is 95.8 Å². The first-order chi connectivity index (χ1) is 11.2. The van der Waals surface area contributed by atoms with E-state index in [1.807, 2.05) is 0 Å². The van der Waals surface area contributed by atoms with Crippen LogP contribution < -0.4 is 0 Å². The van der Waals surface area contributed by atoms with Crippen molar-refractivity contribution in [3.05, 3.63) is 0 Å². The van der Waals surface area contributed by atoms with Gasteiger partial charge in [-0.15, -0.1) is 0 Å². The number of hydrogen-bond donors (Lipinski definition) is 2. The third-order valence-electron chi connectivity index (χ3n) is 4.13. The molecule has 2 rings (SSSR count). The third-order valence-corrected chi connectivity index (χ3v) is 4.13. The molecule has 0 aromatic heterocycles. The fourth-order valence-electron chi connectivity index (χ4n) is 2.73. The summed E-state index contributed by atoms with van der Waals surface area (Å²) in [6.45, 7) is 2.52. The maximum Gasteiger partial charge on any atom is 0.259 e. The van der Waals surface area contributed by atoms with Crippen molar-refractivity contribution in [1.82, 2.24) is 0 Å². The van der Waals surface area contributed by atoms with Gasteiger partial charge < -0.3 is 19.7 Å². The minimum atomic E-state index is -1.58. The summed E-state index contributed by atoms with van der Waals surface area (Å²) in [5, 5.41) is 28.5. The van der Waals surface area contributed by atoms with Crippen molar-refractivity contribution >= 4 is 0 Å². The Morgan fingerprint density at radius 3 is 2.57 bits per heavy atom. The quantitative estimate of drug-likeness (QED) is 0.316. The molecule has 136 valence electrons. The second kappa shape index (κ2) is 9.85. The molecule has 0 aromatic carbocycles. The van der Waals surface area contributed by atoms with Crippen LogP contribution in [0.3, 0.4) is 0 Å². The van der Waals surface area contributed by atoms with E-state index in [1.165, 1.54) is 32.1 Å². The maximum atomic E-state index is 9.92. The van der Waals surface area contributed by atoms with Gasteiger partial charge in [0.2, 0.25) is 0 Å². The predicted molar refractivity (Wildman–Crippen MR) is 77.4 cm³/mol. The second-order valence-electron chi connectivity index (χ2n) is 6.08. The molecule has 0 saturated carbocycles. The molecule has 23 heavy (non-hydrogen) atoms. The fraction of sp³-hybridized carbons (Fsp3) is 1.00. The lowest BCUT2D eigenvalue weighted by molar-refractivity contribution is -0.669. The van der Waals surface area contributed by atoms with E-state index in [1.54, 1.807) is 0 Å². The number of ether oxygens (including phenoxy) is 2. The van der Waals surface area contributed by atoms with Gasteiger partial charge in [-0.05, 0) is 16.5 Å². The summed E-state index contributed by atoms with van der Waals surface area (Å²) in [5.74, 6) is -1.58. The van der Waals surface area contributed by atoms with Crippen LogP contribution in [0.15, 0.2) is 0 Å². The summed E-state index contributed by atoms with van der Waals surface area (Å²) in [4.78, 5) is 9.74. The van der Waals surface area contributed by atoms with Crippen LogP contribution in [0, 0.1) is 0 Å². The van der Waals surface area contributed by atoms with E-state index in [2.05, 4.69) is 17.0 Å². The number of hydrogen-bond acceptors (Lipinski definition) is 8. The molecule has 0 spiro atoms. The maximum absolute atomic E-state index is 9.92. The summed E-state index contributed by atoms with van der Waals surface area (Å²) < 4.78 is 10.6. The lowest BCUT2D eigenvalue weighted by Gasteiger charge is -2.35. The monoisotopic (exact) mass is 336 g/mol. The summed E-state index contributed by atoms with van der Waals surface area (Å²) in [6.07, 6.45) is 5.45. The van der Waals surface area contributed by atoms with Crippen molar-refractivity contribution in [2.24, 2.45) is 0 Å². The zero-order chi connectivity index (χ0) is 16.5. The van der Waals surface area contributed by atoms with Crippen molar-refractivity contribution in [3.8, 4) is 0 Å². The van der Waals surface area contributed by atoms with Crippen molar-refractivity contribution in [3.63, 3.8) is 0 Å². The summed E-state index contributed by atoms with van der Waals surface area (Å²) in [7, 11) is 0. The fourth-order valence-corrected chi connectivity index (χ4v) is 2.73. The Bertz CT molecular complexity index is 329. The van der Waals surface area contributed by atoms with Crippen molar-refractivity contribution in [2.45, 2.75) is 82.6 Å². The van der Waals surface area contributed by atoms with Gasteiger partial charge in [0.25, 0.3) is 5.79 Å². The van der Waals surface area contributed by atoms with Crippen LogP contribution in [-0.4, -0.2) is 47.7 Å². The normalized spacial score (nSPS) is 33.3. The summed E-state index contributed by atoms with van der Waals surface area (Å²) in [5.41, 5.74) is 0. The lowest BCUT2D eigenvalue weighted by Crippen LogP contribution is -2.56. The Morgan fingerprint density at radius 2 is 1.78 bits per heavy atom. The zero-order valence-electron chi connectivity index (χ0n) is 13.6. The highest BCUT2D eigenvalue weighted by molar-refractivity contribution is 4.93. The van der Waals surface area contributed by atoms with E-state index >= 15 is 0 Å². The third kappa shape index (κ3) is 5.61. The highest BCUT2D eigenvalue weighted by atomic mass is 17.7. The second-order valence-corrected chi connectivity index (χ2v) is 6.08.